The van der Waals surface area contributed by atoms with Crippen molar-refractivity contribution in [2.75, 3.05) is 21.7 Å². The lowest BCUT2D eigenvalue weighted by Crippen LogP contribution is -2.18. The Morgan fingerprint density at radius 3 is 2.68 bits per heavy atom. The molecule has 31 heavy (non-hydrogen) atoms. The molecule has 160 valence electrons. The highest BCUT2D eigenvalue weighted by molar-refractivity contribution is 8.00. The van der Waals surface area contributed by atoms with Gasteiger partial charge < -0.3 is 16.0 Å². The van der Waals surface area contributed by atoms with Crippen LogP contribution in [0.4, 0.5) is 33.2 Å². The number of hydrogen-bond acceptors (Lipinski definition) is 8. The molecule has 1 amide bonds. The first-order valence-electron chi connectivity index (χ1n) is 8.96. The van der Waals surface area contributed by atoms with Crippen molar-refractivity contribution < 1.29 is 17.6 Å². The van der Waals surface area contributed by atoms with E-state index in [0.717, 1.165) is 11.1 Å². The molecular formula is C19H17FN6O3S2. The Balaban J connectivity index is 1.59. The number of primary sulfonamides is 1. The van der Waals surface area contributed by atoms with Crippen LogP contribution in [0.15, 0.2) is 52.4 Å². The normalized spacial score (nSPS) is 13.3. The van der Waals surface area contributed by atoms with Gasteiger partial charge in [-0.2, -0.15) is 4.98 Å². The summed E-state index contributed by atoms with van der Waals surface area (Å²) in [6.07, 6.45) is 0.989. The van der Waals surface area contributed by atoms with E-state index in [1.54, 1.807) is 31.2 Å². The number of nitrogens with one attached hydrogen (secondary N) is 3. The fourth-order valence-corrected chi connectivity index (χ4v) is 4.52. The molecule has 2 aromatic carbocycles. The van der Waals surface area contributed by atoms with Gasteiger partial charge in [0.1, 0.15) is 0 Å². The van der Waals surface area contributed by atoms with Gasteiger partial charge in [0.05, 0.1) is 22.5 Å². The number of aryl methyl sites for hydroxylation is 1. The lowest BCUT2D eigenvalue weighted by Gasteiger charge is -2.17. The summed E-state index contributed by atoms with van der Waals surface area (Å²) in [6, 6.07) is 9.83. The molecule has 0 spiro atoms. The van der Waals surface area contributed by atoms with Gasteiger partial charge in [-0.1, -0.05) is 6.07 Å². The van der Waals surface area contributed by atoms with Crippen LogP contribution in [0.2, 0.25) is 0 Å². The Bertz CT molecular complexity index is 1300. The smallest absolute Gasteiger partial charge is 0.238 e. The van der Waals surface area contributed by atoms with E-state index >= 15 is 0 Å². The number of rotatable bonds is 5. The lowest BCUT2D eigenvalue weighted by molar-refractivity contribution is -0.113. The molecule has 0 radical (unpaired) electrons. The van der Waals surface area contributed by atoms with E-state index in [0.29, 0.717) is 28.4 Å². The molecule has 0 atom stereocenters. The van der Waals surface area contributed by atoms with Crippen molar-refractivity contribution in [2.45, 2.75) is 16.7 Å². The summed E-state index contributed by atoms with van der Waals surface area (Å²) >= 11 is 1.42. The van der Waals surface area contributed by atoms with E-state index in [9.17, 15) is 17.6 Å². The Hall–Kier alpha value is -3.22. The van der Waals surface area contributed by atoms with Gasteiger partial charge in [-0.3, -0.25) is 4.79 Å². The summed E-state index contributed by atoms with van der Waals surface area (Å²) < 4.78 is 37.7. The van der Waals surface area contributed by atoms with Crippen LogP contribution >= 0.6 is 11.8 Å². The monoisotopic (exact) mass is 460 g/mol. The van der Waals surface area contributed by atoms with Gasteiger partial charge in [-0.15, -0.1) is 11.8 Å². The Morgan fingerprint density at radius 2 is 1.90 bits per heavy atom. The first kappa shape index (κ1) is 21.0. The van der Waals surface area contributed by atoms with Crippen molar-refractivity contribution in [3.8, 4) is 0 Å². The van der Waals surface area contributed by atoms with Crippen molar-refractivity contribution >= 4 is 56.5 Å². The lowest BCUT2D eigenvalue weighted by atomic mass is 10.2. The molecule has 0 unspecified atom stereocenters. The standard InChI is InChI=1S/C19H17FN6O3S2/c1-10-2-3-12(7-16(10)31(21,28)29)24-19-22-8-13(20)18(26-19)23-11-4-5-15-14(6-11)25-17(27)9-30-15/h2-8H,9H2,1H3,(H,25,27)(H2,21,28,29)(H2,22,23,24,26). The van der Waals surface area contributed by atoms with E-state index in [1.165, 1.54) is 17.8 Å². The minimum absolute atomic E-state index is 0.0352. The van der Waals surface area contributed by atoms with Gasteiger partial charge in [-0.25, -0.2) is 22.9 Å². The number of nitrogens with two attached hydrogens (primary N) is 1. The largest absolute Gasteiger partial charge is 0.338 e. The molecule has 2 heterocycles. The molecule has 1 aliphatic rings. The van der Waals surface area contributed by atoms with Crippen LogP contribution in [-0.2, 0) is 14.8 Å². The number of hydrogen-bond donors (Lipinski definition) is 4. The number of carbonyl (C=O) groups is 1. The van der Waals surface area contributed by atoms with Crippen molar-refractivity contribution in [3.63, 3.8) is 0 Å². The predicted molar refractivity (Wildman–Crippen MR) is 117 cm³/mol. The Morgan fingerprint density at radius 1 is 1.16 bits per heavy atom. The molecule has 5 N–H and O–H groups in total. The number of benzene rings is 2. The van der Waals surface area contributed by atoms with Crippen LogP contribution in [0.1, 0.15) is 5.56 Å². The maximum absolute atomic E-state index is 14.3. The fraction of sp³-hybridized carbons (Fsp3) is 0.105. The molecule has 1 aromatic heterocycles. The summed E-state index contributed by atoms with van der Waals surface area (Å²) in [4.78, 5) is 20.5. The molecule has 0 aliphatic carbocycles. The van der Waals surface area contributed by atoms with Gasteiger partial charge in [0, 0.05) is 16.3 Å². The maximum Gasteiger partial charge on any atom is 0.238 e. The first-order chi connectivity index (χ1) is 14.7. The second-order valence-electron chi connectivity index (χ2n) is 6.71. The second kappa shape index (κ2) is 8.13. The third kappa shape index (κ3) is 4.76. The number of sulfonamides is 1. The van der Waals surface area contributed by atoms with Crippen molar-refractivity contribution in [3.05, 3.63) is 54.0 Å². The molecule has 0 saturated heterocycles. The average molecular weight is 461 g/mol. The van der Waals surface area contributed by atoms with Crippen LogP contribution < -0.4 is 21.1 Å². The molecule has 1 aliphatic heterocycles. The SMILES string of the molecule is Cc1ccc(Nc2ncc(F)c(Nc3ccc4c(c3)NC(=O)CS4)n2)cc1S(N)(=O)=O. The number of fused-ring (bicyclic) bond motifs is 1. The highest BCUT2D eigenvalue weighted by Gasteiger charge is 2.17. The number of carbonyl (C=O) groups excluding carboxylic acids is 1. The molecule has 4 rings (SSSR count). The third-order valence-corrected chi connectivity index (χ3v) is 6.50. The van der Waals surface area contributed by atoms with E-state index in [1.807, 2.05) is 6.07 Å². The van der Waals surface area contributed by atoms with Crippen LogP contribution in [0.5, 0.6) is 0 Å². The van der Waals surface area contributed by atoms with Crippen LogP contribution in [-0.4, -0.2) is 30.0 Å². The van der Waals surface area contributed by atoms with Crippen LogP contribution in [0, 0.1) is 12.7 Å². The van der Waals surface area contributed by atoms with Gasteiger partial charge >= 0.3 is 0 Å². The zero-order chi connectivity index (χ0) is 22.2. The molecular weight excluding hydrogens is 443 g/mol. The van der Waals surface area contributed by atoms with Crippen molar-refractivity contribution in [1.29, 1.82) is 0 Å². The average Bonchev–Trinajstić information content (AvgIpc) is 2.71. The zero-order valence-electron chi connectivity index (χ0n) is 16.1. The summed E-state index contributed by atoms with van der Waals surface area (Å²) in [5, 5.41) is 13.7. The number of thioether (sulfide) groups is 1. The molecule has 3 aromatic rings. The molecule has 12 heteroatoms. The minimum atomic E-state index is -3.90. The van der Waals surface area contributed by atoms with Crippen LogP contribution in [0.25, 0.3) is 0 Å². The highest BCUT2D eigenvalue weighted by atomic mass is 32.2. The van der Waals surface area contributed by atoms with Gasteiger partial charge in [0.25, 0.3) is 0 Å². The minimum Gasteiger partial charge on any atom is -0.338 e. The van der Waals surface area contributed by atoms with E-state index in [4.69, 9.17) is 5.14 Å². The number of amides is 1. The van der Waals surface area contributed by atoms with E-state index in [-0.39, 0.29) is 22.6 Å². The molecule has 0 fully saturated rings. The van der Waals surface area contributed by atoms with E-state index < -0.39 is 15.8 Å². The summed E-state index contributed by atoms with van der Waals surface area (Å²) in [5.41, 5.74) is 2.03. The van der Waals surface area contributed by atoms with Crippen molar-refractivity contribution in [1.82, 2.24) is 9.97 Å². The van der Waals surface area contributed by atoms with Gasteiger partial charge in [0.15, 0.2) is 11.6 Å². The summed E-state index contributed by atoms with van der Waals surface area (Å²) in [6.45, 7) is 1.62. The Labute approximate surface area is 181 Å². The molecule has 9 nitrogen and oxygen atoms in total. The Kier molecular flexibility index (Phi) is 5.52. The van der Waals surface area contributed by atoms with Crippen LogP contribution in [0.3, 0.4) is 0 Å². The summed E-state index contributed by atoms with van der Waals surface area (Å²) in [5.74, 6) is -0.482. The number of anilines is 5. The quantitative estimate of drug-likeness (QED) is 0.455. The fourth-order valence-electron chi connectivity index (χ4n) is 2.93. The van der Waals surface area contributed by atoms with Gasteiger partial charge in [0.2, 0.25) is 21.9 Å². The number of nitrogens with zero attached hydrogens (tertiary/aromatic N) is 2. The number of aromatic nitrogens is 2. The molecule has 0 saturated carbocycles. The predicted octanol–water partition coefficient (Wildman–Crippen LogP) is 3.10. The van der Waals surface area contributed by atoms with Gasteiger partial charge in [-0.05, 0) is 42.8 Å². The zero-order valence-corrected chi connectivity index (χ0v) is 17.8. The first-order valence-corrected chi connectivity index (χ1v) is 11.5. The highest BCUT2D eigenvalue weighted by Crippen LogP contribution is 2.34. The van der Waals surface area contributed by atoms with E-state index in [2.05, 4.69) is 25.9 Å². The topological polar surface area (TPSA) is 139 Å². The maximum atomic E-state index is 14.3. The molecule has 0 bridgehead atoms. The third-order valence-electron chi connectivity index (χ3n) is 4.37. The second-order valence-corrected chi connectivity index (χ2v) is 9.26. The summed E-state index contributed by atoms with van der Waals surface area (Å²) in [7, 11) is -3.90. The number of halogens is 1. The van der Waals surface area contributed by atoms with Crippen molar-refractivity contribution in [2.24, 2.45) is 5.14 Å².